The topological polar surface area (TPSA) is 54.9 Å². The van der Waals surface area contributed by atoms with E-state index in [1.54, 1.807) is 0 Å². The summed E-state index contributed by atoms with van der Waals surface area (Å²) >= 11 is 16.9. The van der Waals surface area contributed by atoms with Gasteiger partial charge >= 0.3 is 0 Å². The first kappa shape index (κ1) is 14.0. The van der Waals surface area contributed by atoms with E-state index in [0.717, 1.165) is 0 Å². The quantitative estimate of drug-likeness (QED) is 0.915. The van der Waals surface area contributed by atoms with Gasteiger partial charge in [-0.25, -0.2) is 4.39 Å². The predicted octanol–water partition coefficient (Wildman–Crippen LogP) is 3.83. The summed E-state index contributed by atoms with van der Waals surface area (Å²) < 4.78 is 13.6. The van der Waals surface area contributed by atoms with Crippen molar-refractivity contribution in [2.75, 3.05) is 5.32 Å². The molecule has 98 valence electrons. The highest BCUT2D eigenvalue weighted by Crippen LogP contribution is 2.23. The number of rotatable bonds is 2. The first-order chi connectivity index (χ1) is 8.99. The second kappa shape index (κ2) is 5.69. The van der Waals surface area contributed by atoms with Crippen LogP contribution in [-0.4, -0.2) is 16.1 Å². The normalized spacial score (nSPS) is 10.3. The third kappa shape index (κ3) is 3.12. The summed E-state index contributed by atoms with van der Waals surface area (Å²) in [5.74, 6) is -1.40. The summed E-state index contributed by atoms with van der Waals surface area (Å²) in [6, 6.07) is 5.46. The second-order valence-electron chi connectivity index (χ2n) is 3.43. The van der Waals surface area contributed by atoms with Crippen LogP contribution in [0, 0.1) is 5.82 Å². The SMILES string of the molecule is O=C(Nc1cccc(Cl)c1F)c1cc(Cl)nnc1Cl. The number of carbonyl (C=O) groups excluding carboxylic acids is 1. The van der Waals surface area contributed by atoms with Gasteiger partial charge in [0.25, 0.3) is 5.91 Å². The summed E-state index contributed by atoms with van der Waals surface area (Å²) in [6.07, 6.45) is 0. The summed E-state index contributed by atoms with van der Waals surface area (Å²) in [5, 5.41) is 9.04. The lowest BCUT2D eigenvalue weighted by molar-refractivity contribution is 0.102. The third-order valence-corrected chi connectivity index (χ3v) is 2.92. The molecule has 1 amide bonds. The van der Waals surface area contributed by atoms with Crippen molar-refractivity contribution < 1.29 is 9.18 Å². The fourth-order valence-corrected chi connectivity index (χ4v) is 1.80. The number of anilines is 1. The zero-order valence-corrected chi connectivity index (χ0v) is 11.4. The average molecular weight is 321 g/mol. The molecule has 1 aromatic heterocycles. The zero-order valence-electron chi connectivity index (χ0n) is 9.12. The Bertz CT molecular complexity index is 651. The van der Waals surface area contributed by atoms with Gasteiger partial charge in [-0.3, -0.25) is 4.79 Å². The molecule has 19 heavy (non-hydrogen) atoms. The highest BCUT2D eigenvalue weighted by Gasteiger charge is 2.15. The molecule has 1 aromatic carbocycles. The standard InChI is InChI=1S/C11H5Cl3FN3O/c12-6-2-1-3-7(9(6)15)16-11(19)5-4-8(13)17-18-10(5)14/h1-4H,(H,16,19). The van der Waals surface area contributed by atoms with Crippen LogP contribution < -0.4 is 5.32 Å². The maximum absolute atomic E-state index is 13.6. The van der Waals surface area contributed by atoms with Gasteiger partial charge in [0.15, 0.2) is 16.1 Å². The molecular weight excluding hydrogens is 315 g/mol. The van der Waals surface area contributed by atoms with E-state index in [9.17, 15) is 9.18 Å². The molecule has 8 heteroatoms. The highest BCUT2D eigenvalue weighted by atomic mass is 35.5. The van der Waals surface area contributed by atoms with Crippen LogP contribution in [0.5, 0.6) is 0 Å². The number of benzene rings is 1. The van der Waals surface area contributed by atoms with E-state index in [4.69, 9.17) is 34.8 Å². The molecule has 4 nitrogen and oxygen atoms in total. The Labute approximate surface area is 122 Å². The Hall–Kier alpha value is -1.43. The Morgan fingerprint density at radius 3 is 2.68 bits per heavy atom. The number of hydrogen-bond acceptors (Lipinski definition) is 3. The van der Waals surface area contributed by atoms with Gasteiger partial charge in [-0.05, 0) is 18.2 Å². The van der Waals surface area contributed by atoms with Crippen LogP contribution in [0.4, 0.5) is 10.1 Å². The van der Waals surface area contributed by atoms with Crippen LogP contribution in [0.2, 0.25) is 15.3 Å². The Morgan fingerprint density at radius 1 is 1.21 bits per heavy atom. The second-order valence-corrected chi connectivity index (χ2v) is 4.58. The number of carbonyl (C=O) groups is 1. The molecule has 0 saturated carbocycles. The summed E-state index contributed by atoms with van der Waals surface area (Å²) in [4.78, 5) is 11.9. The van der Waals surface area contributed by atoms with E-state index >= 15 is 0 Å². The lowest BCUT2D eigenvalue weighted by Crippen LogP contribution is -2.14. The van der Waals surface area contributed by atoms with Crippen molar-refractivity contribution in [3.63, 3.8) is 0 Å². The minimum absolute atomic E-state index is 0.00103. The largest absolute Gasteiger partial charge is 0.319 e. The van der Waals surface area contributed by atoms with E-state index in [-0.39, 0.29) is 26.6 Å². The monoisotopic (exact) mass is 319 g/mol. The Balaban J connectivity index is 2.31. The lowest BCUT2D eigenvalue weighted by Gasteiger charge is -2.07. The first-order valence-electron chi connectivity index (χ1n) is 4.93. The summed E-state index contributed by atoms with van der Waals surface area (Å²) in [5.41, 5.74) is -0.0810. The van der Waals surface area contributed by atoms with E-state index in [1.165, 1.54) is 24.3 Å². The molecule has 2 aromatic rings. The molecule has 0 bridgehead atoms. The molecule has 0 aliphatic carbocycles. The highest BCUT2D eigenvalue weighted by molar-refractivity contribution is 6.34. The maximum Gasteiger partial charge on any atom is 0.259 e. The molecule has 0 aliphatic rings. The Morgan fingerprint density at radius 2 is 1.95 bits per heavy atom. The summed E-state index contributed by atoms with van der Waals surface area (Å²) in [7, 11) is 0. The van der Waals surface area contributed by atoms with Gasteiger partial charge in [0.2, 0.25) is 0 Å². The van der Waals surface area contributed by atoms with Gasteiger partial charge in [0.1, 0.15) is 0 Å². The number of aromatic nitrogens is 2. The number of halogens is 4. The van der Waals surface area contributed by atoms with Crippen LogP contribution in [0.25, 0.3) is 0 Å². The minimum atomic E-state index is -0.734. The van der Waals surface area contributed by atoms with E-state index in [2.05, 4.69) is 15.5 Å². The maximum atomic E-state index is 13.6. The van der Waals surface area contributed by atoms with Crippen molar-refractivity contribution in [1.29, 1.82) is 0 Å². The molecule has 0 unspecified atom stereocenters. The molecule has 0 fully saturated rings. The third-order valence-electron chi connectivity index (χ3n) is 2.16. The smallest absolute Gasteiger partial charge is 0.259 e. The van der Waals surface area contributed by atoms with Crippen LogP contribution in [0.15, 0.2) is 24.3 Å². The van der Waals surface area contributed by atoms with Gasteiger partial charge in [-0.15, -0.1) is 10.2 Å². The molecule has 1 N–H and O–H groups in total. The number of nitrogens with one attached hydrogen (secondary N) is 1. The molecule has 1 heterocycles. The van der Waals surface area contributed by atoms with Gasteiger partial charge in [0, 0.05) is 0 Å². The molecule has 0 spiro atoms. The average Bonchev–Trinajstić information content (AvgIpc) is 2.38. The number of amides is 1. The molecular formula is C11H5Cl3FN3O. The van der Waals surface area contributed by atoms with Gasteiger partial charge in [-0.2, -0.15) is 0 Å². The van der Waals surface area contributed by atoms with Gasteiger partial charge in [0.05, 0.1) is 16.3 Å². The number of nitrogens with zero attached hydrogens (tertiary/aromatic N) is 2. The molecule has 0 radical (unpaired) electrons. The number of hydrogen-bond donors (Lipinski definition) is 1. The van der Waals surface area contributed by atoms with Crippen LogP contribution in [0.3, 0.4) is 0 Å². The van der Waals surface area contributed by atoms with E-state index in [1.807, 2.05) is 0 Å². The van der Waals surface area contributed by atoms with E-state index in [0.29, 0.717) is 0 Å². The van der Waals surface area contributed by atoms with E-state index < -0.39 is 11.7 Å². The van der Waals surface area contributed by atoms with Gasteiger partial charge in [-0.1, -0.05) is 40.9 Å². The molecule has 0 saturated heterocycles. The van der Waals surface area contributed by atoms with Crippen molar-refractivity contribution in [3.05, 3.63) is 51.0 Å². The molecule has 0 aliphatic heterocycles. The molecule has 2 rings (SSSR count). The zero-order chi connectivity index (χ0) is 14.0. The van der Waals surface area contributed by atoms with Crippen molar-refractivity contribution in [2.24, 2.45) is 0 Å². The Kier molecular flexibility index (Phi) is 4.19. The summed E-state index contributed by atoms with van der Waals surface area (Å²) in [6.45, 7) is 0. The van der Waals surface area contributed by atoms with Gasteiger partial charge < -0.3 is 5.32 Å². The van der Waals surface area contributed by atoms with Crippen molar-refractivity contribution in [2.45, 2.75) is 0 Å². The first-order valence-corrected chi connectivity index (χ1v) is 6.06. The fraction of sp³-hybridized carbons (Fsp3) is 0. The van der Waals surface area contributed by atoms with Crippen molar-refractivity contribution >= 4 is 46.4 Å². The van der Waals surface area contributed by atoms with Crippen LogP contribution in [0.1, 0.15) is 10.4 Å². The predicted molar refractivity (Wildman–Crippen MR) is 71.4 cm³/mol. The minimum Gasteiger partial charge on any atom is -0.319 e. The molecule has 0 atom stereocenters. The lowest BCUT2D eigenvalue weighted by atomic mass is 10.2. The van der Waals surface area contributed by atoms with Crippen LogP contribution in [-0.2, 0) is 0 Å². The van der Waals surface area contributed by atoms with Crippen molar-refractivity contribution in [3.8, 4) is 0 Å². The van der Waals surface area contributed by atoms with Crippen molar-refractivity contribution in [1.82, 2.24) is 10.2 Å². The fourth-order valence-electron chi connectivity index (χ4n) is 1.30. The van der Waals surface area contributed by atoms with Crippen LogP contribution >= 0.6 is 34.8 Å².